The van der Waals surface area contributed by atoms with Crippen molar-refractivity contribution in [2.75, 3.05) is 11.4 Å². The highest BCUT2D eigenvalue weighted by Gasteiger charge is 2.32. The molecule has 0 saturated carbocycles. The highest BCUT2D eigenvalue weighted by atomic mass is 32.2. The molecule has 0 unspecified atom stereocenters. The molecule has 0 spiro atoms. The number of hydrogen-bond acceptors (Lipinski definition) is 4. The fraction of sp³-hybridized carbons (Fsp3) is 0.105. The molecule has 1 aromatic heterocycles. The zero-order chi connectivity index (χ0) is 18.3. The molecule has 1 amide bonds. The van der Waals surface area contributed by atoms with Crippen molar-refractivity contribution in [2.45, 2.75) is 11.4 Å². The Morgan fingerprint density at radius 2 is 1.88 bits per heavy atom. The number of anilines is 1. The molecule has 7 heteroatoms. The Morgan fingerprint density at radius 3 is 2.65 bits per heavy atom. The minimum atomic E-state index is -3.59. The van der Waals surface area contributed by atoms with Crippen molar-refractivity contribution in [3.05, 3.63) is 72.2 Å². The quantitative estimate of drug-likeness (QED) is 0.771. The average molecular weight is 368 g/mol. The Balaban J connectivity index is 1.72. The molecule has 1 aliphatic heterocycles. The number of nitrogens with one attached hydrogen (secondary N) is 1. The highest BCUT2D eigenvalue weighted by molar-refractivity contribution is 7.93. The number of rotatable bonds is 3. The van der Waals surface area contributed by atoms with Crippen LogP contribution in [-0.2, 0) is 16.6 Å². The fourth-order valence-corrected chi connectivity index (χ4v) is 4.46. The predicted octanol–water partition coefficient (Wildman–Crippen LogP) is 3.02. The van der Waals surface area contributed by atoms with E-state index in [1.807, 2.05) is 0 Å². The van der Waals surface area contributed by atoms with Crippen molar-refractivity contribution < 1.29 is 17.6 Å². The summed E-state index contributed by atoms with van der Waals surface area (Å²) >= 11 is 0. The number of carbonyl (C=O) groups excluding carboxylic acids is 1. The van der Waals surface area contributed by atoms with Crippen LogP contribution in [0.1, 0.15) is 16.1 Å². The molecule has 1 N–H and O–H groups in total. The Hall–Kier alpha value is -3.06. The van der Waals surface area contributed by atoms with Gasteiger partial charge in [0.05, 0.1) is 23.4 Å². The van der Waals surface area contributed by atoms with E-state index in [0.29, 0.717) is 28.1 Å². The maximum absolute atomic E-state index is 12.7. The Morgan fingerprint density at radius 1 is 1.08 bits per heavy atom. The molecular formula is C19H16N2O4S. The van der Waals surface area contributed by atoms with E-state index < -0.39 is 10.0 Å². The summed E-state index contributed by atoms with van der Waals surface area (Å²) in [7, 11) is -2.07. The molecule has 0 fully saturated rings. The molecule has 0 bridgehead atoms. The van der Waals surface area contributed by atoms with Gasteiger partial charge in [-0.15, -0.1) is 0 Å². The monoisotopic (exact) mass is 368 g/mol. The van der Waals surface area contributed by atoms with E-state index in [-0.39, 0.29) is 17.3 Å². The number of carbonyl (C=O) groups is 1. The number of benzene rings is 2. The summed E-state index contributed by atoms with van der Waals surface area (Å²) in [5, 5.41) is 2.80. The Labute approximate surface area is 151 Å². The molecule has 0 aliphatic carbocycles. The smallest absolute Gasteiger partial charge is 0.264 e. The molecule has 0 saturated heterocycles. The molecule has 2 aromatic carbocycles. The molecule has 4 rings (SSSR count). The lowest BCUT2D eigenvalue weighted by atomic mass is 10.00. The first-order chi connectivity index (χ1) is 12.5. The summed E-state index contributed by atoms with van der Waals surface area (Å²) in [5.41, 5.74) is 2.31. The predicted molar refractivity (Wildman–Crippen MR) is 97.3 cm³/mol. The van der Waals surface area contributed by atoms with Crippen LogP contribution < -0.4 is 9.62 Å². The van der Waals surface area contributed by atoms with Gasteiger partial charge in [0, 0.05) is 23.7 Å². The molecule has 132 valence electrons. The Bertz CT molecular complexity index is 1090. The topological polar surface area (TPSA) is 79.6 Å². The van der Waals surface area contributed by atoms with Gasteiger partial charge in [-0.3, -0.25) is 9.10 Å². The van der Waals surface area contributed by atoms with Crippen LogP contribution in [0, 0.1) is 0 Å². The third kappa shape index (κ3) is 2.57. The van der Waals surface area contributed by atoms with Crippen molar-refractivity contribution in [1.29, 1.82) is 0 Å². The lowest BCUT2D eigenvalue weighted by Gasteiger charge is -2.29. The van der Waals surface area contributed by atoms with Crippen molar-refractivity contribution in [2.24, 2.45) is 0 Å². The minimum Gasteiger partial charge on any atom is -0.467 e. The van der Waals surface area contributed by atoms with Gasteiger partial charge in [0.15, 0.2) is 0 Å². The van der Waals surface area contributed by atoms with Crippen LogP contribution in [0.25, 0.3) is 11.1 Å². The first-order valence-electron chi connectivity index (χ1n) is 8.01. The lowest BCUT2D eigenvalue weighted by Crippen LogP contribution is -2.31. The zero-order valence-corrected chi connectivity index (χ0v) is 14.8. The summed E-state index contributed by atoms with van der Waals surface area (Å²) < 4.78 is 31.8. The molecule has 26 heavy (non-hydrogen) atoms. The summed E-state index contributed by atoms with van der Waals surface area (Å²) in [5.74, 6) is 0.408. The number of amides is 1. The van der Waals surface area contributed by atoms with E-state index in [1.54, 1.807) is 60.9 Å². The second kappa shape index (κ2) is 6.03. The summed E-state index contributed by atoms with van der Waals surface area (Å²) in [6, 6.07) is 15.3. The second-order valence-corrected chi connectivity index (χ2v) is 7.90. The van der Waals surface area contributed by atoms with Crippen LogP contribution in [0.4, 0.5) is 5.69 Å². The first kappa shape index (κ1) is 16.4. The van der Waals surface area contributed by atoms with Gasteiger partial charge >= 0.3 is 0 Å². The number of nitrogens with zero attached hydrogens (tertiary/aromatic N) is 1. The Kier molecular flexibility index (Phi) is 3.81. The third-order valence-electron chi connectivity index (χ3n) is 4.42. The second-order valence-electron chi connectivity index (χ2n) is 5.96. The van der Waals surface area contributed by atoms with Crippen molar-refractivity contribution in [3.63, 3.8) is 0 Å². The van der Waals surface area contributed by atoms with Gasteiger partial charge in [-0.05, 0) is 36.4 Å². The summed E-state index contributed by atoms with van der Waals surface area (Å²) in [6.45, 7) is 0.286. The van der Waals surface area contributed by atoms with E-state index >= 15 is 0 Å². The molecular weight excluding hydrogens is 352 g/mol. The zero-order valence-electron chi connectivity index (χ0n) is 14.0. The van der Waals surface area contributed by atoms with Crippen molar-refractivity contribution in [3.8, 4) is 11.1 Å². The van der Waals surface area contributed by atoms with E-state index in [2.05, 4.69) is 5.32 Å². The molecule has 1 aliphatic rings. The largest absolute Gasteiger partial charge is 0.467 e. The van der Waals surface area contributed by atoms with Gasteiger partial charge in [0.2, 0.25) is 0 Å². The third-order valence-corrected chi connectivity index (χ3v) is 6.25. The molecule has 3 aromatic rings. The molecule has 2 heterocycles. The fourth-order valence-electron chi connectivity index (χ4n) is 3.04. The van der Waals surface area contributed by atoms with Crippen LogP contribution >= 0.6 is 0 Å². The van der Waals surface area contributed by atoms with E-state index in [9.17, 15) is 13.2 Å². The van der Waals surface area contributed by atoms with Gasteiger partial charge in [0.25, 0.3) is 15.9 Å². The lowest BCUT2D eigenvalue weighted by molar-refractivity contribution is 0.0948. The van der Waals surface area contributed by atoms with Crippen molar-refractivity contribution in [1.82, 2.24) is 5.32 Å². The minimum absolute atomic E-state index is 0.239. The summed E-state index contributed by atoms with van der Waals surface area (Å²) in [4.78, 5) is 12.7. The SMILES string of the molecule is CN1c2ccc(C(=O)NCc3ccco3)cc2-c2ccccc2S1(=O)=O. The van der Waals surface area contributed by atoms with Gasteiger partial charge in [0.1, 0.15) is 5.76 Å². The van der Waals surface area contributed by atoms with E-state index in [4.69, 9.17) is 4.42 Å². The van der Waals surface area contributed by atoms with Crippen LogP contribution in [0.3, 0.4) is 0 Å². The van der Waals surface area contributed by atoms with E-state index in [0.717, 1.165) is 0 Å². The number of fused-ring (bicyclic) bond motifs is 3. The standard InChI is InChI=1S/C19H16N2O4S/c1-21-17-9-8-13(19(22)20-12-14-5-4-10-25-14)11-16(17)15-6-2-3-7-18(15)26(21,23)24/h2-11H,12H2,1H3,(H,20,22). The first-order valence-corrected chi connectivity index (χ1v) is 9.45. The molecule has 0 atom stereocenters. The average Bonchev–Trinajstić information content (AvgIpc) is 3.18. The van der Waals surface area contributed by atoms with Gasteiger partial charge in [-0.2, -0.15) is 0 Å². The van der Waals surface area contributed by atoms with Crippen LogP contribution in [-0.4, -0.2) is 21.4 Å². The van der Waals surface area contributed by atoms with Crippen molar-refractivity contribution >= 4 is 21.6 Å². The van der Waals surface area contributed by atoms with Gasteiger partial charge < -0.3 is 9.73 Å². The van der Waals surface area contributed by atoms with E-state index in [1.165, 1.54) is 11.4 Å². The normalized spacial score (nSPS) is 14.4. The highest BCUT2D eigenvalue weighted by Crippen LogP contribution is 2.42. The van der Waals surface area contributed by atoms with Crippen LogP contribution in [0.15, 0.2) is 70.2 Å². The molecule has 0 radical (unpaired) electrons. The van der Waals surface area contributed by atoms with Crippen LogP contribution in [0.5, 0.6) is 0 Å². The number of furan rings is 1. The number of sulfonamides is 1. The summed E-state index contributed by atoms with van der Waals surface area (Å²) in [6.07, 6.45) is 1.55. The van der Waals surface area contributed by atoms with Crippen LogP contribution in [0.2, 0.25) is 0 Å². The maximum Gasteiger partial charge on any atom is 0.264 e. The molecule has 6 nitrogen and oxygen atoms in total. The van der Waals surface area contributed by atoms with Gasteiger partial charge in [-0.25, -0.2) is 8.42 Å². The van der Waals surface area contributed by atoms with Gasteiger partial charge in [-0.1, -0.05) is 18.2 Å². The maximum atomic E-state index is 12.7. The number of hydrogen-bond donors (Lipinski definition) is 1.